The Kier molecular flexibility index (Phi) is 3.28. The molecule has 21 heavy (non-hydrogen) atoms. The van der Waals surface area contributed by atoms with Crippen molar-refractivity contribution in [3.8, 4) is 5.75 Å². The van der Waals surface area contributed by atoms with Crippen molar-refractivity contribution in [2.24, 2.45) is 7.05 Å². The molecule has 0 atom stereocenters. The summed E-state index contributed by atoms with van der Waals surface area (Å²) in [6.45, 7) is 2.13. The van der Waals surface area contributed by atoms with Gasteiger partial charge in [-0.3, -0.25) is 0 Å². The van der Waals surface area contributed by atoms with Gasteiger partial charge < -0.3 is 34.1 Å². The second-order valence-corrected chi connectivity index (χ2v) is 5.41. The van der Waals surface area contributed by atoms with Crippen molar-refractivity contribution < 1.29 is 33.7 Å². The molecular weight excluding hydrogens is 375 g/mol. The molecule has 4 aromatic rings. The van der Waals surface area contributed by atoms with Crippen LogP contribution in [0.3, 0.4) is 0 Å². The Balaban J connectivity index is 0.00000132. The number of halogens is 1. The molecule has 3 nitrogen and oxygen atoms in total. The van der Waals surface area contributed by atoms with Gasteiger partial charge in [-0.25, -0.2) is 4.57 Å². The van der Waals surface area contributed by atoms with E-state index < -0.39 is 0 Å². The third-order valence-electron chi connectivity index (χ3n) is 3.98. The molecule has 0 unspecified atom stereocenters. The Morgan fingerprint density at radius 3 is 2.62 bits per heavy atom. The molecule has 0 aliphatic rings. The third kappa shape index (κ3) is 2.05. The molecule has 0 saturated heterocycles. The molecule has 2 aromatic heterocycles. The molecule has 2 N–H and O–H groups in total. The van der Waals surface area contributed by atoms with Gasteiger partial charge in [-0.2, -0.15) is 0 Å². The van der Waals surface area contributed by atoms with Crippen LogP contribution in [-0.2, 0) is 7.05 Å². The number of aryl methyl sites for hydroxylation is 2. The van der Waals surface area contributed by atoms with E-state index in [2.05, 4.69) is 41.0 Å². The average Bonchev–Trinajstić information content (AvgIpc) is 2.77. The van der Waals surface area contributed by atoms with Crippen LogP contribution in [-0.4, -0.2) is 10.1 Å². The molecule has 0 spiro atoms. The molecule has 0 aliphatic carbocycles. The van der Waals surface area contributed by atoms with E-state index in [4.69, 9.17) is 0 Å². The van der Waals surface area contributed by atoms with Gasteiger partial charge in [0.1, 0.15) is 12.8 Å². The molecule has 2 heterocycles. The molecule has 0 saturated carbocycles. The van der Waals surface area contributed by atoms with Gasteiger partial charge in [-0.1, -0.05) is 0 Å². The van der Waals surface area contributed by atoms with Gasteiger partial charge in [0.05, 0.1) is 10.9 Å². The van der Waals surface area contributed by atoms with Crippen LogP contribution in [0.15, 0.2) is 42.7 Å². The first-order chi connectivity index (χ1) is 9.63. The molecule has 2 aromatic carbocycles. The summed E-state index contributed by atoms with van der Waals surface area (Å²) in [4.78, 5) is 3.48. The van der Waals surface area contributed by atoms with E-state index in [1.54, 1.807) is 6.07 Å². The molecule has 0 aliphatic heterocycles. The number of aromatic hydroxyl groups is 1. The van der Waals surface area contributed by atoms with Crippen molar-refractivity contribution in [2.45, 2.75) is 6.92 Å². The second kappa shape index (κ2) is 4.87. The van der Waals surface area contributed by atoms with Crippen molar-refractivity contribution in [2.75, 3.05) is 0 Å². The first-order valence-corrected chi connectivity index (χ1v) is 6.66. The highest BCUT2D eigenvalue weighted by Crippen LogP contribution is 2.33. The smallest absolute Gasteiger partial charge is 0.178 e. The number of phenols is 1. The number of aromatic nitrogens is 2. The van der Waals surface area contributed by atoms with E-state index in [0.29, 0.717) is 5.75 Å². The van der Waals surface area contributed by atoms with Crippen molar-refractivity contribution >= 4 is 32.6 Å². The number of H-pyrrole nitrogens is 1. The fraction of sp³-hybridized carbons (Fsp3) is 0.118. The van der Waals surface area contributed by atoms with Gasteiger partial charge in [0, 0.05) is 22.4 Å². The zero-order valence-corrected chi connectivity index (χ0v) is 14.0. The SMILES string of the molecule is Cc1cc2c3cc(O)ccc3[nH]c2c2c[n+](C)ccc12.[I-]. The normalized spacial score (nSPS) is 11.1. The zero-order valence-electron chi connectivity index (χ0n) is 11.8. The topological polar surface area (TPSA) is 39.9 Å². The van der Waals surface area contributed by atoms with E-state index >= 15 is 0 Å². The van der Waals surface area contributed by atoms with Crippen LogP contribution in [0.5, 0.6) is 5.75 Å². The minimum atomic E-state index is 0. The van der Waals surface area contributed by atoms with Gasteiger partial charge in [-0.15, -0.1) is 0 Å². The van der Waals surface area contributed by atoms with Crippen LogP contribution in [0, 0.1) is 6.92 Å². The number of phenolic OH excluding ortho intramolecular Hbond substituents is 1. The summed E-state index contributed by atoms with van der Waals surface area (Å²) in [7, 11) is 2.03. The maximum atomic E-state index is 9.72. The number of hydrogen-bond donors (Lipinski definition) is 2. The second-order valence-electron chi connectivity index (χ2n) is 5.41. The Hall–Kier alpha value is -1.82. The maximum absolute atomic E-state index is 9.72. The zero-order chi connectivity index (χ0) is 13.9. The summed E-state index contributed by atoms with van der Waals surface area (Å²) in [6.07, 6.45) is 4.20. The van der Waals surface area contributed by atoms with Crippen molar-refractivity contribution in [3.63, 3.8) is 0 Å². The molecule has 0 fully saturated rings. The lowest BCUT2D eigenvalue weighted by molar-refractivity contribution is -0.670. The van der Waals surface area contributed by atoms with E-state index in [1.165, 1.54) is 16.3 Å². The highest BCUT2D eigenvalue weighted by molar-refractivity contribution is 6.17. The largest absolute Gasteiger partial charge is 1.00 e. The third-order valence-corrected chi connectivity index (χ3v) is 3.98. The lowest BCUT2D eigenvalue weighted by Gasteiger charge is -2.02. The number of nitrogens with zero attached hydrogens (tertiary/aromatic N) is 1. The quantitative estimate of drug-likeness (QED) is 0.330. The molecule has 106 valence electrons. The van der Waals surface area contributed by atoms with Crippen LogP contribution in [0.4, 0.5) is 0 Å². The van der Waals surface area contributed by atoms with E-state index in [1.807, 2.05) is 19.2 Å². The van der Waals surface area contributed by atoms with E-state index in [9.17, 15) is 5.11 Å². The summed E-state index contributed by atoms with van der Waals surface area (Å²) >= 11 is 0. The average molecular weight is 390 g/mol. The highest BCUT2D eigenvalue weighted by atomic mass is 127. The van der Waals surface area contributed by atoms with E-state index in [0.717, 1.165) is 21.8 Å². The highest BCUT2D eigenvalue weighted by Gasteiger charge is 2.12. The maximum Gasteiger partial charge on any atom is 0.178 e. The molecular formula is C17H15IN2O. The minimum absolute atomic E-state index is 0. The van der Waals surface area contributed by atoms with Crippen LogP contribution in [0.2, 0.25) is 0 Å². The lowest BCUT2D eigenvalue weighted by atomic mass is 10.0. The standard InChI is InChI=1S/C17H14N2O.HI/c1-10-7-14-13-8-11(20)3-4-16(13)18-17(14)15-9-19(2)6-5-12(10)15;/h3-9,20H,1-2H3;1H. The molecule has 0 bridgehead atoms. The summed E-state index contributed by atoms with van der Waals surface area (Å²) in [6, 6.07) is 9.80. The van der Waals surface area contributed by atoms with Crippen LogP contribution in [0.25, 0.3) is 32.6 Å². The summed E-state index contributed by atoms with van der Waals surface area (Å²) in [5.41, 5.74) is 3.43. The van der Waals surface area contributed by atoms with Crippen molar-refractivity contribution in [3.05, 3.63) is 48.3 Å². The van der Waals surface area contributed by atoms with Gasteiger partial charge in [0.15, 0.2) is 12.4 Å². The summed E-state index contributed by atoms with van der Waals surface area (Å²) < 4.78 is 2.06. The van der Waals surface area contributed by atoms with Gasteiger partial charge in [0.25, 0.3) is 0 Å². The Morgan fingerprint density at radius 1 is 1.00 bits per heavy atom. The van der Waals surface area contributed by atoms with Gasteiger partial charge in [0.2, 0.25) is 0 Å². The molecule has 0 amide bonds. The molecule has 4 heteroatoms. The number of pyridine rings is 1. The van der Waals surface area contributed by atoms with Crippen LogP contribution in [0.1, 0.15) is 5.56 Å². The number of benzene rings is 2. The van der Waals surface area contributed by atoms with E-state index in [-0.39, 0.29) is 24.0 Å². The van der Waals surface area contributed by atoms with Crippen LogP contribution < -0.4 is 28.5 Å². The number of nitrogens with one attached hydrogen (secondary N) is 1. The number of aromatic amines is 1. The monoisotopic (exact) mass is 390 g/mol. The first-order valence-electron chi connectivity index (χ1n) is 6.66. The predicted molar refractivity (Wildman–Crippen MR) is 80.9 cm³/mol. The number of hydrogen-bond acceptors (Lipinski definition) is 1. The fourth-order valence-corrected chi connectivity index (χ4v) is 3.00. The lowest BCUT2D eigenvalue weighted by Crippen LogP contribution is -3.00. The Bertz CT molecular complexity index is 989. The Morgan fingerprint density at radius 2 is 1.81 bits per heavy atom. The van der Waals surface area contributed by atoms with Crippen molar-refractivity contribution in [1.82, 2.24) is 4.98 Å². The van der Waals surface area contributed by atoms with Crippen LogP contribution >= 0.6 is 0 Å². The van der Waals surface area contributed by atoms with Crippen molar-refractivity contribution in [1.29, 1.82) is 0 Å². The molecule has 4 rings (SSSR count). The fourth-order valence-electron chi connectivity index (χ4n) is 3.00. The summed E-state index contributed by atoms with van der Waals surface area (Å²) in [5.74, 6) is 0.301. The Labute approximate surface area is 139 Å². The number of fused-ring (bicyclic) bond motifs is 5. The van der Waals surface area contributed by atoms with Gasteiger partial charge in [-0.05, 0) is 42.1 Å². The predicted octanol–water partition coefficient (Wildman–Crippen LogP) is 0.317. The van der Waals surface area contributed by atoms with Gasteiger partial charge >= 0.3 is 0 Å². The number of rotatable bonds is 0. The first kappa shape index (κ1) is 14.1. The summed E-state index contributed by atoms with van der Waals surface area (Å²) in [5, 5.41) is 14.4. The molecule has 0 radical (unpaired) electrons. The minimum Gasteiger partial charge on any atom is -1.00 e.